The van der Waals surface area contributed by atoms with Crippen molar-refractivity contribution < 1.29 is 9.84 Å². The number of rotatable bonds is 4. The number of hydrogen-bond donors (Lipinski definition) is 1. The summed E-state index contributed by atoms with van der Waals surface area (Å²) in [7, 11) is 0. The normalized spacial score (nSPS) is 25.1. The van der Waals surface area contributed by atoms with Gasteiger partial charge in [-0.05, 0) is 32.3 Å². The lowest BCUT2D eigenvalue weighted by Gasteiger charge is -2.27. The molecule has 1 aromatic heterocycles. The minimum absolute atomic E-state index is 0.218. The van der Waals surface area contributed by atoms with Crippen LogP contribution in [0.2, 0.25) is 0 Å². The molecule has 96 valence electrons. The third-order valence-electron chi connectivity index (χ3n) is 3.48. The van der Waals surface area contributed by atoms with E-state index in [9.17, 15) is 5.11 Å². The molecule has 4 nitrogen and oxygen atoms in total. The summed E-state index contributed by atoms with van der Waals surface area (Å²) < 4.78 is 7.48. The molecule has 2 rings (SSSR count). The zero-order valence-corrected chi connectivity index (χ0v) is 10.7. The molecule has 0 saturated carbocycles. The second kappa shape index (κ2) is 5.65. The predicted octanol–water partition coefficient (Wildman–Crippen LogP) is 1.41. The summed E-state index contributed by atoms with van der Waals surface area (Å²) in [6.45, 7) is 6.45. The maximum Gasteiger partial charge on any atom is 0.0624 e. The van der Waals surface area contributed by atoms with Crippen molar-refractivity contribution in [3.8, 4) is 0 Å². The molecule has 2 unspecified atom stereocenters. The molecule has 4 heteroatoms. The van der Waals surface area contributed by atoms with Crippen molar-refractivity contribution in [2.75, 3.05) is 13.2 Å². The maximum absolute atomic E-state index is 9.95. The first-order valence-electron chi connectivity index (χ1n) is 6.56. The van der Waals surface area contributed by atoms with Crippen molar-refractivity contribution in [3.05, 3.63) is 17.5 Å². The third-order valence-corrected chi connectivity index (χ3v) is 3.48. The molecule has 0 spiro atoms. The molecule has 1 aliphatic heterocycles. The van der Waals surface area contributed by atoms with Crippen LogP contribution in [-0.2, 0) is 24.1 Å². The minimum atomic E-state index is -0.228. The summed E-state index contributed by atoms with van der Waals surface area (Å²) in [4.78, 5) is 0. The summed E-state index contributed by atoms with van der Waals surface area (Å²) in [6, 6.07) is 2.16. The first kappa shape index (κ1) is 12.6. The highest BCUT2D eigenvalue weighted by atomic mass is 16.5. The van der Waals surface area contributed by atoms with Crippen LogP contribution in [0.25, 0.3) is 0 Å². The monoisotopic (exact) mass is 238 g/mol. The summed E-state index contributed by atoms with van der Waals surface area (Å²) >= 11 is 0. The zero-order valence-electron chi connectivity index (χ0n) is 10.7. The predicted molar refractivity (Wildman–Crippen MR) is 65.9 cm³/mol. The Bertz CT molecular complexity index is 362. The van der Waals surface area contributed by atoms with Gasteiger partial charge in [0.05, 0.1) is 18.4 Å². The Morgan fingerprint density at radius 1 is 1.53 bits per heavy atom. The molecule has 0 bridgehead atoms. The van der Waals surface area contributed by atoms with Crippen LogP contribution in [-0.4, -0.2) is 34.2 Å². The summed E-state index contributed by atoms with van der Waals surface area (Å²) in [5.41, 5.74) is 2.35. The quantitative estimate of drug-likeness (QED) is 0.862. The Labute approximate surface area is 103 Å². The first-order valence-corrected chi connectivity index (χ1v) is 6.56. The number of ether oxygens (including phenoxy) is 1. The highest BCUT2D eigenvalue weighted by molar-refractivity contribution is 5.11. The molecule has 2 heterocycles. The van der Waals surface area contributed by atoms with Crippen LogP contribution in [0.5, 0.6) is 0 Å². The number of hydrogen-bond acceptors (Lipinski definition) is 3. The van der Waals surface area contributed by atoms with Crippen LogP contribution in [0, 0.1) is 5.92 Å². The molecule has 0 radical (unpaired) electrons. The van der Waals surface area contributed by atoms with Gasteiger partial charge >= 0.3 is 0 Å². The second-order valence-electron chi connectivity index (χ2n) is 4.69. The number of aryl methyl sites for hydroxylation is 2. The van der Waals surface area contributed by atoms with E-state index >= 15 is 0 Å². The van der Waals surface area contributed by atoms with Crippen LogP contribution in [0.1, 0.15) is 31.7 Å². The van der Waals surface area contributed by atoms with Crippen LogP contribution in [0.3, 0.4) is 0 Å². The van der Waals surface area contributed by atoms with Gasteiger partial charge in [-0.15, -0.1) is 0 Å². The summed E-state index contributed by atoms with van der Waals surface area (Å²) in [6.07, 6.45) is 2.35. The number of aromatic nitrogens is 2. The maximum atomic E-state index is 9.95. The van der Waals surface area contributed by atoms with Gasteiger partial charge in [0.1, 0.15) is 0 Å². The van der Waals surface area contributed by atoms with E-state index in [0.29, 0.717) is 13.2 Å². The Balaban J connectivity index is 2.08. The van der Waals surface area contributed by atoms with Gasteiger partial charge in [0, 0.05) is 24.8 Å². The van der Waals surface area contributed by atoms with Crippen molar-refractivity contribution in [2.24, 2.45) is 5.92 Å². The van der Waals surface area contributed by atoms with E-state index in [1.165, 1.54) is 5.69 Å². The van der Waals surface area contributed by atoms with Gasteiger partial charge in [0.2, 0.25) is 0 Å². The molecule has 1 fully saturated rings. The van der Waals surface area contributed by atoms with E-state index in [-0.39, 0.29) is 12.0 Å². The smallest absolute Gasteiger partial charge is 0.0624 e. The van der Waals surface area contributed by atoms with Crippen molar-refractivity contribution in [2.45, 2.75) is 45.8 Å². The molecule has 0 aliphatic carbocycles. The highest BCUT2D eigenvalue weighted by Crippen LogP contribution is 2.20. The molecule has 1 saturated heterocycles. The molecule has 1 aromatic rings. The standard InChI is InChI=1S/C13H22N2O2/c1-3-11-8-12(15(4-2)14-11)7-10-9-17-6-5-13(10)16/h8,10,13,16H,3-7,9H2,1-2H3. The van der Waals surface area contributed by atoms with Crippen molar-refractivity contribution in [1.29, 1.82) is 0 Å². The Morgan fingerprint density at radius 2 is 2.35 bits per heavy atom. The highest BCUT2D eigenvalue weighted by Gasteiger charge is 2.25. The first-order chi connectivity index (χ1) is 8.24. The molecule has 1 N–H and O–H groups in total. The molecule has 1 aliphatic rings. The molecule has 17 heavy (non-hydrogen) atoms. The lowest BCUT2D eigenvalue weighted by Crippen LogP contribution is -2.33. The van der Waals surface area contributed by atoms with E-state index in [0.717, 1.165) is 31.5 Å². The second-order valence-corrected chi connectivity index (χ2v) is 4.69. The van der Waals surface area contributed by atoms with Crippen molar-refractivity contribution >= 4 is 0 Å². The van der Waals surface area contributed by atoms with E-state index in [2.05, 4.69) is 25.0 Å². The zero-order chi connectivity index (χ0) is 12.3. The van der Waals surface area contributed by atoms with E-state index in [4.69, 9.17) is 4.74 Å². The summed E-state index contributed by atoms with van der Waals surface area (Å²) in [5, 5.41) is 14.5. The molecule has 0 aromatic carbocycles. The van der Waals surface area contributed by atoms with E-state index in [1.807, 2.05) is 4.68 Å². The van der Waals surface area contributed by atoms with Gasteiger partial charge < -0.3 is 9.84 Å². The number of nitrogens with zero attached hydrogens (tertiary/aromatic N) is 2. The Kier molecular flexibility index (Phi) is 4.18. The fraction of sp³-hybridized carbons (Fsp3) is 0.769. The molecule has 2 atom stereocenters. The van der Waals surface area contributed by atoms with Crippen molar-refractivity contribution in [1.82, 2.24) is 9.78 Å². The lowest BCUT2D eigenvalue weighted by atomic mass is 9.93. The fourth-order valence-corrected chi connectivity index (χ4v) is 2.38. The Hall–Kier alpha value is -0.870. The van der Waals surface area contributed by atoms with Crippen LogP contribution >= 0.6 is 0 Å². The fourth-order valence-electron chi connectivity index (χ4n) is 2.38. The number of aliphatic hydroxyl groups excluding tert-OH is 1. The third kappa shape index (κ3) is 2.87. The molecule has 0 amide bonds. The van der Waals surface area contributed by atoms with Gasteiger partial charge in [-0.25, -0.2) is 0 Å². The van der Waals surface area contributed by atoms with Gasteiger partial charge in [-0.1, -0.05) is 6.92 Å². The SMILES string of the molecule is CCc1cc(CC2COCCC2O)n(CC)n1. The summed E-state index contributed by atoms with van der Waals surface area (Å²) in [5.74, 6) is 0.218. The molecular formula is C13H22N2O2. The molecular weight excluding hydrogens is 216 g/mol. The largest absolute Gasteiger partial charge is 0.393 e. The average molecular weight is 238 g/mol. The van der Waals surface area contributed by atoms with E-state index in [1.54, 1.807) is 0 Å². The average Bonchev–Trinajstić information content (AvgIpc) is 2.74. The van der Waals surface area contributed by atoms with E-state index < -0.39 is 0 Å². The lowest BCUT2D eigenvalue weighted by molar-refractivity contribution is -0.0356. The van der Waals surface area contributed by atoms with Gasteiger partial charge in [0.25, 0.3) is 0 Å². The van der Waals surface area contributed by atoms with Gasteiger partial charge in [-0.3, -0.25) is 4.68 Å². The van der Waals surface area contributed by atoms with Crippen LogP contribution in [0.4, 0.5) is 0 Å². The van der Waals surface area contributed by atoms with Crippen LogP contribution < -0.4 is 0 Å². The van der Waals surface area contributed by atoms with Crippen molar-refractivity contribution in [3.63, 3.8) is 0 Å². The Morgan fingerprint density at radius 3 is 3.00 bits per heavy atom. The van der Waals surface area contributed by atoms with Gasteiger partial charge in [0.15, 0.2) is 0 Å². The topological polar surface area (TPSA) is 47.3 Å². The number of aliphatic hydroxyl groups is 1. The van der Waals surface area contributed by atoms with Crippen LogP contribution in [0.15, 0.2) is 6.07 Å². The minimum Gasteiger partial charge on any atom is -0.393 e. The van der Waals surface area contributed by atoms with Gasteiger partial charge in [-0.2, -0.15) is 5.10 Å².